The summed E-state index contributed by atoms with van der Waals surface area (Å²) in [6.45, 7) is 1.99. The standard InChI is InChI=1S/C27H22N4O/c1-17-5-4-6-23(29-17)26-27(31-12-3-2-7-25(31)30-26)19-10-11-28-24(15-19)18-8-9-20(16-32)22-14-21(22)13-18/h2-12,15-16,21-22H,13-14H2,1H3. The van der Waals surface area contributed by atoms with Gasteiger partial charge >= 0.3 is 0 Å². The lowest BCUT2D eigenvalue weighted by molar-refractivity contribution is -0.105. The number of imidazole rings is 1. The number of rotatable bonds is 4. The number of carbonyl (C=O) groups excluding carboxylic acids is 1. The summed E-state index contributed by atoms with van der Waals surface area (Å²) < 4.78 is 2.11. The molecule has 2 atom stereocenters. The molecule has 6 rings (SSSR count). The van der Waals surface area contributed by atoms with E-state index >= 15 is 0 Å². The maximum absolute atomic E-state index is 11.4. The minimum absolute atomic E-state index is 0.419. The number of fused-ring (bicyclic) bond motifs is 2. The third-order valence-electron chi connectivity index (χ3n) is 6.47. The molecule has 5 heteroatoms. The quantitative estimate of drug-likeness (QED) is 0.421. The normalized spacial score (nSPS) is 19.7. The van der Waals surface area contributed by atoms with Crippen LogP contribution in [0.15, 0.2) is 78.6 Å². The van der Waals surface area contributed by atoms with E-state index in [-0.39, 0.29) is 0 Å². The van der Waals surface area contributed by atoms with Crippen LogP contribution in [0.4, 0.5) is 0 Å². The van der Waals surface area contributed by atoms with Gasteiger partial charge in [0.2, 0.25) is 0 Å². The van der Waals surface area contributed by atoms with E-state index < -0.39 is 0 Å². The van der Waals surface area contributed by atoms with Gasteiger partial charge in [0.1, 0.15) is 17.6 Å². The van der Waals surface area contributed by atoms with Crippen molar-refractivity contribution in [1.82, 2.24) is 19.4 Å². The van der Waals surface area contributed by atoms with Crippen molar-refractivity contribution in [3.05, 3.63) is 90.0 Å². The molecule has 0 N–H and O–H groups in total. The number of hydrogen-bond donors (Lipinski definition) is 0. The Morgan fingerprint density at radius 1 is 1.03 bits per heavy atom. The van der Waals surface area contributed by atoms with E-state index in [9.17, 15) is 4.79 Å². The van der Waals surface area contributed by atoms with Crippen molar-refractivity contribution in [2.24, 2.45) is 11.8 Å². The summed E-state index contributed by atoms with van der Waals surface area (Å²) in [4.78, 5) is 25.7. The lowest BCUT2D eigenvalue weighted by atomic mass is 10.0. The molecular formula is C27H22N4O. The van der Waals surface area contributed by atoms with Crippen molar-refractivity contribution in [1.29, 1.82) is 0 Å². The molecular weight excluding hydrogens is 396 g/mol. The summed E-state index contributed by atoms with van der Waals surface area (Å²) in [5.74, 6) is 0.968. The molecule has 1 fully saturated rings. The number of nitrogens with zero attached hydrogens (tertiary/aromatic N) is 4. The van der Waals surface area contributed by atoms with Crippen molar-refractivity contribution in [3.63, 3.8) is 0 Å². The summed E-state index contributed by atoms with van der Waals surface area (Å²) in [6.07, 6.45) is 11.0. The number of allylic oxidation sites excluding steroid dienone is 4. The Hall–Kier alpha value is -3.86. The van der Waals surface area contributed by atoms with Gasteiger partial charge in [-0.2, -0.15) is 0 Å². The molecule has 32 heavy (non-hydrogen) atoms. The van der Waals surface area contributed by atoms with Gasteiger partial charge in [0, 0.05) is 23.7 Å². The lowest BCUT2D eigenvalue weighted by Crippen LogP contribution is -1.95. The number of aldehydes is 1. The minimum Gasteiger partial charge on any atom is -0.299 e. The van der Waals surface area contributed by atoms with Crippen molar-refractivity contribution in [3.8, 4) is 22.6 Å². The molecule has 0 aromatic carbocycles. The second kappa shape index (κ2) is 7.38. The van der Waals surface area contributed by atoms with E-state index in [4.69, 9.17) is 9.97 Å². The number of aromatic nitrogens is 4. The molecule has 4 aromatic heterocycles. The van der Waals surface area contributed by atoms with Crippen LogP contribution in [0.3, 0.4) is 0 Å². The van der Waals surface area contributed by atoms with Crippen molar-refractivity contribution in [2.75, 3.05) is 0 Å². The van der Waals surface area contributed by atoms with Crippen LogP contribution in [0.1, 0.15) is 24.2 Å². The lowest BCUT2D eigenvalue weighted by Gasteiger charge is -2.10. The molecule has 2 aliphatic carbocycles. The van der Waals surface area contributed by atoms with Crippen LogP contribution in [0.2, 0.25) is 0 Å². The van der Waals surface area contributed by atoms with Crippen LogP contribution < -0.4 is 0 Å². The Morgan fingerprint density at radius 3 is 2.84 bits per heavy atom. The SMILES string of the molecule is Cc1cccc(-c2nc3ccccn3c2-c2ccnc(C3=CC=C(C=O)C4CC4C3)c2)n1. The first-order chi connectivity index (χ1) is 15.7. The zero-order valence-corrected chi connectivity index (χ0v) is 17.8. The zero-order chi connectivity index (χ0) is 21.7. The summed E-state index contributed by atoms with van der Waals surface area (Å²) in [5, 5.41) is 0. The van der Waals surface area contributed by atoms with Gasteiger partial charge < -0.3 is 0 Å². The molecule has 4 heterocycles. The largest absolute Gasteiger partial charge is 0.299 e. The molecule has 0 spiro atoms. The van der Waals surface area contributed by atoms with Gasteiger partial charge in [0.25, 0.3) is 0 Å². The predicted molar refractivity (Wildman–Crippen MR) is 125 cm³/mol. The Balaban J connectivity index is 1.50. The van der Waals surface area contributed by atoms with Crippen LogP contribution in [-0.4, -0.2) is 25.6 Å². The number of carbonyl (C=O) groups is 1. The highest BCUT2D eigenvalue weighted by Gasteiger charge is 2.41. The highest BCUT2D eigenvalue weighted by molar-refractivity contribution is 5.83. The highest BCUT2D eigenvalue weighted by atomic mass is 16.1. The summed E-state index contributed by atoms with van der Waals surface area (Å²) >= 11 is 0. The van der Waals surface area contributed by atoms with Gasteiger partial charge in [-0.25, -0.2) is 4.98 Å². The Morgan fingerprint density at radius 2 is 1.97 bits per heavy atom. The zero-order valence-electron chi connectivity index (χ0n) is 17.8. The van der Waals surface area contributed by atoms with Crippen molar-refractivity contribution in [2.45, 2.75) is 19.8 Å². The van der Waals surface area contributed by atoms with Gasteiger partial charge in [-0.1, -0.05) is 24.3 Å². The van der Waals surface area contributed by atoms with Crippen LogP contribution in [0, 0.1) is 18.8 Å². The second-order valence-electron chi connectivity index (χ2n) is 8.61. The fourth-order valence-electron chi connectivity index (χ4n) is 4.75. The molecule has 156 valence electrons. The Labute approximate surface area is 186 Å². The van der Waals surface area contributed by atoms with Gasteiger partial charge in [-0.15, -0.1) is 0 Å². The maximum Gasteiger partial charge on any atom is 0.146 e. The third kappa shape index (κ3) is 3.17. The van der Waals surface area contributed by atoms with Crippen LogP contribution in [0.5, 0.6) is 0 Å². The second-order valence-corrected chi connectivity index (χ2v) is 8.61. The van der Waals surface area contributed by atoms with Gasteiger partial charge in [0.05, 0.1) is 17.1 Å². The van der Waals surface area contributed by atoms with Gasteiger partial charge in [-0.3, -0.25) is 19.2 Å². The van der Waals surface area contributed by atoms with E-state index in [0.717, 1.165) is 64.4 Å². The Kier molecular flexibility index (Phi) is 4.35. The molecule has 0 radical (unpaired) electrons. The van der Waals surface area contributed by atoms with E-state index in [1.54, 1.807) is 0 Å². The number of pyridine rings is 3. The highest BCUT2D eigenvalue weighted by Crippen LogP contribution is 2.50. The monoisotopic (exact) mass is 418 g/mol. The molecule has 1 saturated carbocycles. The van der Waals surface area contributed by atoms with Crippen LogP contribution in [-0.2, 0) is 4.79 Å². The van der Waals surface area contributed by atoms with E-state index in [1.165, 1.54) is 5.57 Å². The van der Waals surface area contributed by atoms with E-state index in [2.05, 4.69) is 21.5 Å². The molecule has 0 saturated heterocycles. The fourth-order valence-corrected chi connectivity index (χ4v) is 4.75. The molecule has 0 amide bonds. The molecule has 5 nitrogen and oxygen atoms in total. The number of aryl methyl sites for hydroxylation is 1. The van der Waals surface area contributed by atoms with Gasteiger partial charge in [0.15, 0.2) is 0 Å². The maximum atomic E-state index is 11.4. The predicted octanol–water partition coefficient (Wildman–Crippen LogP) is 5.32. The van der Waals surface area contributed by atoms with Crippen molar-refractivity contribution < 1.29 is 4.79 Å². The van der Waals surface area contributed by atoms with Crippen LogP contribution >= 0.6 is 0 Å². The topological polar surface area (TPSA) is 60.2 Å². The first kappa shape index (κ1) is 18.9. The average molecular weight is 419 g/mol. The van der Waals surface area contributed by atoms with Crippen LogP contribution in [0.25, 0.3) is 33.9 Å². The summed E-state index contributed by atoms with van der Waals surface area (Å²) in [7, 11) is 0. The van der Waals surface area contributed by atoms with Gasteiger partial charge in [-0.05, 0) is 79.1 Å². The van der Waals surface area contributed by atoms with Crippen molar-refractivity contribution >= 4 is 17.5 Å². The average Bonchev–Trinajstić information content (AvgIpc) is 3.50. The summed E-state index contributed by atoms with van der Waals surface area (Å²) in [5.41, 5.74) is 8.65. The fraction of sp³-hybridized carbons (Fsp3) is 0.185. The first-order valence-corrected chi connectivity index (χ1v) is 10.9. The molecule has 2 aliphatic rings. The van der Waals surface area contributed by atoms with E-state index in [0.29, 0.717) is 11.8 Å². The Bertz CT molecular complexity index is 1430. The molecule has 2 unspecified atom stereocenters. The number of hydrogen-bond acceptors (Lipinski definition) is 4. The molecule has 0 aliphatic heterocycles. The minimum atomic E-state index is 0.419. The third-order valence-corrected chi connectivity index (χ3v) is 6.47. The summed E-state index contributed by atoms with van der Waals surface area (Å²) in [6, 6.07) is 16.2. The smallest absolute Gasteiger partial charge is 0.146 e. The molecule has 0 bridgehead atoms. The van der Waals surface area contributed by atoms with E-state index in [1.807, 2.05) is 67.9 Å². The first-order valence-electron chi connectivity index (χ1n) is 10.9. The molecule has 4 aromatic rings.